The second-order valence-corrected chi connectivity index (χ2v) is 5.82. The van der Waals surface area contributed by atoms with Crippen LogP contribution in [0.15, 0.2) is 0 Å². The van der Waals surface area contributed by atoms with Gasteiger partial charge in [-0.3, -0.25) is 0 Å². The van der Waals surface area contributed by atoms with Gasteiger partial charge in [-0.25, -0.2) is 0 Å². The minimum absolute atomic E-state index is 0.566. The Morgan fingerprint density at radius 2 is 1.12 bits per heavy atom. The summed E-state index contributed by atoms with van der Waals surface area (Å²) in [4.78, 5) is 0. The van der Waals surface area contributed by atoms with E-state index in [1.807, 2.05) is 0 Å². The maximum atomic E-state index is 5.65. The zero-order valence-corrected chi connectivity index (χ0v) is 14.8. The van der Waals surface area contributed by atoms with Crippen LogP contribution in [0.2, 0.25) is 0 Å². The molecule has 0 fully saturated rings. The van der Waals surface area contributed by atoms with Gasteiger partial charge in [0.2, 0.25) is 0 Å². The molecule has 0 saturated heterocycles. The van der Waals surface area contributed by atoms with Crippen LogP contribution in [0.3, 0.4) is 0 Å². The van der Waals surface area contributed by atoms with Crippen molar-refractivity contribution in [1.82, 2.24) is 0 Å². The molecule has 0 N–H and O–H groups in total. The molecule has 0 heterocycles. The summed E-state index contributed by atoms with van der Waals surface area (Å²) in [5.74, 6) is 0. The summed E-state index contributed by atoms with van der Waals surface area (Å²) in [6.45, 7) is 4.55. The van der Waals surface area contributed by atoms with Crippen molar-refractivity contribution in [3.63, 3.8) is 0 Å². The average Bonchev–Trinajstić information content (AvgIpc) is 2.36. The van der Waals surface area contributed by atoms with Crippen LogP contribution < -0.4 is 0 Å². The van der Waals surface area contributed by atoms with Crippen LogP contribution in [0.1, 0.15) is 90.9 Å². The first kappa shape index (κ1) is 17.8. The van der Waals surface area contributed by atoms with Crippen LogP contribution in [-0.2, 0) is 3.07 Å². The fourth-order valence-electron chi connectivity index (χ4n) is 2.21. The van der Waals surface area contributed by atoms with Gasteiger partial charge in [-0.1, -0.05) is 0 Å². The summed E-state index contributed by atoms with van der Waals surface area (Å²) in [6.07, 6.45) is 17.0. The molecule has 0 aliphatic carbocycles. The quantitative estimate of drug-likeness (QED) is 0.330. The van der Waals surface area contributed by atoms with Crippen LogP contribution in [0.5, 0.6) is 0 Å². The van der Waals surface area contributed by atoms with Crippen molar-refractivity contribution in [3.05, 3.63) is 0 Å². The molecule has 101 valence electrons. The van der Waals surface area contributed by atoms with Crippen LogP contribution in [0, 0.1) is 0 Å². The Bertz CT molecular complexity index is 139. The molecule has 1 nitrogen and oxygen atoms in total. The molecule has 0 aromatic heterocycles. The number of unbranched alkanes of at least 4 members (excludes halogenated alkanes) is 8. The fourth-order valence-corrected chi connectivity index (χ4v) is 2.89. The molecule has 0 bridgehead atoms. The molecule has 0 rings (SSSR count). The number of rotatable bonds is 13. The van der Waals surface area contributed by atoms with Gasteiger partial charge in [0, 0.05) is 0 Å². The molecule has 17 heavy (non-hydrogen) atoms. The van der Waals surface area contributed by atoms with Crippen LogP contribution in [0.4, 0.5) is 0 Å². The van der Waals surface area contributed by atoms with E-state index in [2.05, 4.69) is 13.8 Å². The third kappa shape index (κ3) is 13.0. The molecule has 0 saturated carbocycles. The van der Waals surface area contributed by atoms with Crippen LogP contribution in [0.25, 0.3) is 0 Å². The fraction of sp³-hybridized carbons (Fsp3) is 1.00. The predicted molar refractivity (Wildman–Crippen MR) is 77.4 cm³/mol. The predicted octanol–water partition coefficient (Wildman–Crippen LogP) is 5.18. The van der Waals surface area contributed by atoms with Gasteiger partial charge in [0.25, 0.3) is 0 Å². The molecule has 0 aliphatic rings. The molecular formula is C15H31OSn. The molecule has 0 aromatic carbocycles. The summed E-state index contributed by atoms with van der Waals surface area (Å²) in [5, 5.41) is 0. The van der Waals surface area contributed by atoms with E-state index >= 15 is 0 Å². The van der Waals surface area contributed by atoms with Crippen molar-refractivity contribution in [1.29, 1.82) is 0 Å². The standard InChI is InChI=1S/C15H31O.Sn/c1-3-5-7-9-10-12-14-15(16)13-11-8-6-4-2;/h15H,3-14H2,1-2H3;/q-1;+1. The Balaban J connectivity index is 3.28. The van der Waals surface area contributed by atoms with Gasteiger partial charge in [0.1, 0.15) is 0 Å². The molecule has 0 aromatic rings. The first-order valence-corrected chi connectivity index (χ1v) is 8.84. The maximum absolute atomic E-state index is 5.65. The third-order valence-electron chi connectivity index (χ3n) is 3.43. The van der Waals surface area contributed by atoms with E-state index in [1.54, 1.807) is 0 Å². The van der Waals surface area contributed by atoms with Crippen molar-refractivity contribution in [2.75, 3.05) is 0 Å². The van der Waals surface area contributed by atoms with E-state index in [-0.39, 0.29) is 0 Å². The van der Waals surface area contributed by atoms with E-state index in [1.165, 1.54) is 100.0 Å². The molecule has 1 atom stereocenters. The van der Waals surface area contributed by atoms with Crippen molar-refractivity contribution in [2.45, 2.75) is 97.0 Å². The molecule has 2 heteroatoms. The Morgan fingerprint density at radius 1 is 0.706 bits per heavy atom. The van der Waals surface area contributed by atoms with E-state index in [0.29, 0.717) is 6.10 Å². The van der Waals surface area contributed by atoms with Gasteiger partial charge in [-0.2, -0.15) is 0 Å². The van der Waals surface area contributed by atoms with Gasteiger partial charge in [0.05, 0.1) is 0 Å². The summed E-state index contributed by atoms with van der Waals surface area (Å²) >= 11 is 1.25. The Labute approximate surface area is 123 Å². The van der Waals surface area contributed by atoms with Gasteiger partial charge in [0.15, 0.2) is 0 Å². The zero-order valence-electron chi connectivity index (χ0n) is 12.0. The average molecular weight is 346 g/mol. The topological polar surface area (TPSA) is 9.23 Å². The summed E-state index contributed by atoms with van der Waals surface area (Å²) < 4.78 is 5.65. The summed E-state index contributed by atoms with van der Waals surface area (Å²) in [7, 11) is 0. The monoisotopic (exact) mass is 347 g/mol. The van der Waals surface area contributed by atoms with Crippen molar-refractivity contribution in [3.8, 4) is 0 Å². The van der Waals surface area contributed by atoms with Crippen molar-refractivity contribution < 1.29 is 3.07 Å². The Hall–Kier alpha value is 0.759. The first-order chi connectivity index (χ1) is 8.35. The van der Waals surface area contributed by atoms with Crippen LogP contribution >= 0.6 is 0 Å². The van der Waals surface area contributed by atoms with Gasteiger partial charge < -0.3 is 0 Å². The van der Waals surface area contributed by atoms with E-state index in [9.17, 15) is 0 Å². The second-order valence-electron chi connectivity index (χ2n) is 5.15. The second kappa shape index (κ2) is 14.8. The van der Waals surface area contributed by atoms with Crippen molar-refractivity contribution in [2.24, 2.45) is 0 Å². The Morgan fingerprint density at radius 3 is 1.59 bits per heavy atom. The minimum atomic E-state index is 0.566. The molecule has 0 amide bonds. The summed E-state index contributed by atoms with van der Waals surface area (Å²) in [5.41, 5.74) is 0. The van der Waals surface area contributed by atoms with E-state index in [0.717, 1.165) is 0 Å². The molecule has 1 unspecified atom stereocenters. The zero-order chi connectivity index (χ0) is 12.8. The Kier molecular flexibility index (Phi) is 15.5. The van der Waals surface area contributed by atoms with E-state index in [4.69, 9.17) is 3.07 Å². The number of hydrogen-bond acceptors (Lipinski definition) is 1. The molecular weight excluding hydrogens is 315 g/mol. The first-order valence-electron chi connectivity index (χ1n) is 7.67. The molecule has 0 spiro atoms. The van der Waals surface area contributed by atoms with Gasteiger partial charge >= 0.3 is 123 Å². The number of hydrogen-bond donors (Lipinski definition) is 0. The third-order valence-corrected chi connectivity index (χ3v) is 4.38. The summed E-state index contributed by atoms with van der Waals surface area (Å²) in [6, 6.07) is 0. The SMILES string of the molecule is CCCCCCCCC(CCCCCC)[O][Sn]. The van der Waals surface area contributed by atoms with Crippen LogP contribution in [-0.4, -0.2) is 29.0 Å². The molecule has 0 aliphatic heterocycles. The van der Waals surface area contributed by atoms with Gasteiger partial charge in [-0.15, -0.1) is 0 Å². The van der Waals surface area contributed by atoms with Crippen molar-refractivity contribution >= 4 is 22.9 Å². The molecule has 3 radical (unpaired) electrons. The van der Waals surface area contributed by atoms with Gasteiger partial charge in [-0.05, 0) is 0 Å². The van der Waals surface area contributed by atoms with E-state index < -0.39 is 0 Å². The normalized spacial score (nSPS) is 12.9.